The molecule has 1 saturated heterocycles. The van der Waals surface area contributed by atoms with Gasteiger partial charge in [-0.05, 0) is 55.2 Å². The molecule has 27 heavy (non-hydrogen) atoms. The number of benzene rings is 2. The number of piperidine rings is 1. The summed E-state index contributed by atoms with van der Waals surface area (Å²) < 4.78 is 39.9. The molecule has 144 valence electrons. The first kappa shape index (κ1) is 19.3. The number of halogens is 1. The summed E-state index contributed by atoms with van der Waals surface area (Å²) in [6, 6.07) is 14.1. The van der Waals surface area contributed by atoms with Crippen molar-refractivity contribution in [3.05, 3.63) is 60.4 Å². The number of sulfonamides is 1. The first-order valence-electron chi connectivity index (χ1n) is 8.81. The van der Waals surface area contributed by atoms with Gasteiger partial charge >= 0.3 is 0 Å². The Kier molecular flexibility index (Phi) is 6.08. The average molecular weight is 391 g/mol. The van der Waals surface area contributed by atoms with Crippen LogP contribution in [-0.4, -0.2) is 31.7 Å². The highest BCUT2D eigenvalue weighted by Gasteiger charge is 2.31. The minimum absolute atomic E-state index is 0.0634. The van der Waals surface area contributed by atoms with Crippen LogP contribution in [0.2, 0.25) is 0 Å². The van der Waals surface area contributed by atoms with Crippen LogP contribution in [0.4, 0.5) is 10.1 Å². The van der Waals surface area contributed by atoms with Crippen LogP contribution in [0, 0.1) is 11.7 Å². The molecular formula is C19H22FN3O3S. The van der Waals surface area contributed by atoms with Crippen LogP contribution in [0.5, 0.6) is 0 Å². The summed E-state index contributed by atoms with van der Waals surface area (Å²) in [5.74, 6) is -0.732. The van der Waals surface area contributed by atoms with Crippen LogP contribution in [-0.2, 0) is 14.8 Å². The SMILES string of the molecule is O=C(CC1CCCN(S(=O)(=O)c2ccc(F)cc2)C1)NNc1ccccc1. The van der Waals surface area contributed by atoms with Crippen molar-refractivity contribution in [2.24, 2.45) is 5.92 Å². The maximum absolute atomic E-state index is 13.1. The zero-order chi connectivity index (χ0) is 19.3. The molecule has 1 heterocycles. The average Bonchev–Trinajstić information content (AvgIpc) is 2.68. The molecule has 1 unspecified atom stereocenters. The number of carbonyl (C=O) groups excluding carboxylic acids is 1. The lowest BCUT2D eigenvalue weighted by Crippen LogP contribution is -2.41. The molecule has 1 fully saturated rings. The number of hydrogen-bond donors (Lipinski definition) is 2. The summed E-state index contributed by atoms with van der Waals surface area (Å²) in [5.41, 5.74) is 6.25. The Morgan fingerprint density at radius 1 is 1.11 bits per heavy atom. The number of hydrazine groups is 1. The number of amides is 1. The Labute approximate surface area is 158 Å². The van der Waals surface area contributed by atoms with Gasteiger partial charge in [-0.1, -0.05) is 18.2 Å². The van der Waals surface area contributed by atoms with Gasteiger partial charge in [-0.3, -0.25) is 15.6 Å². The van der Waals surface area contributed by atoms with E-state index in [1.165, 1.54) is 16.4 Å². The maximum Gasteiger partial charge on any atom is 0.243 e. The van der Waals surface area contributed by atoms with Crippen LogP contribution in [0.3, 0.4) is 0 Å². The molecule has 1 amide bonds. The highest BCUT2D eigenvalue weighted by molar-refractivity contribution is 7.89. The quantitative estimate of drug-likeness (QED) is 0.743. The number of nitrogens with zero attached hydrogens (tertiary/aromatic N) is 1. The summed E-state index contributed by atoms with van der Waals surface area (Å²) in [5, 5.41) is 0. The molecule has 0 spiro atoms. The summed E-state index contributed by atoms with van der Waals surface area (Å²) >= 11 is 0. The summed E-state index contributed by atoms with van der Waals surface area (Å²) in [6.07, 6.45) is 1.70. The van der Waals surface area contributed by atoms with Gasteiger partial charge in [0.15, 0.2) is 0 Å². The van der Waals surface area contributed by atoms with Gasteiger partial charge in [-0.2, -0.15) is 4.31 Å². The fourth-order valence-corrected chi connectivity index (χ4v) is 4.70. The number of para-hydroxylation sites is 1. The van der Waals surface area contributed by atoms with Crippen molar-refractivity contribution in [1.82, 2.24) is 9.73 Å². The van der Waals surface area contributed by atoms with Crippen LogP contribution in [0.25, 0.3) is 0 Å². The number of rotatable bonds is 6. The first-order valence-corrected chi connectivity index (χ1v) is 10.2. The zero-order valence-corrected chi connectivity index (χ0v) is 15.6. The van der Waals surface area contributed by atoms with Crippen molar-refractivity contribution in [2.75, 3.05) is 18.5 Å². The van der Waals surface area contributed by atoms with E-state index in [2.05, 4.69) is 10.9 Å². The number of hydrogen-bond acceptors (Lipinski definition) is 4. The Balaban J connectivity index is 1.57. The third kappa shape index (κ3) is 5.05. The van der Waals surface area contributed by atoms with Gasteiger partial charge in [-0.25, -0.2) is 12.8 Å². The van der Waals surface area contributed by atoms with Gasteiger partial charge in [0.25, 0.3) is 0 Å². The third-order valence-corrected chi connectivity index (χ3v) is 6.41. The van der Waals surface area contributed by atoms with Crippen LogP contribution < -0.4 is 10.9 Å². The van der Waals surface area contributed by atoms with Crippen molar-refractivity contribution in [3.8, 4) is 0 Å². The predicted octanol–water partition coefficient (Wildman–Crippen LogP) is 2.76. The summed E-state index contributed by atoms with van der Waals surface area (Å²) in [7, 11) is -3.68. The van der Waals surface area contributed by atoms with E-state index in [0.29, 0.717) is 13.0 Å². The van der Waals surface area contributed by atoms with Gasteiger partial charge in [0, 0.05) is 19.5 Å². The van der Waals surface area contributed by atoms with E-state index in [4.69, 9.17) is 0 Å². The standard InChI is InChI=1S/C19H22FN3O3S/c20-16-8-10-18(11-9-16)27(25,26)23-12-4-5-15(14-23)13-19(24)22-21-17-6-2-1-3-7-17/h1-3,6-11,15,21H,4-5,12-14H2,(H,22,24). The lowest BCUT2D eigenvalue weighted by atomic mass is 9.96. The molecule has 1 atom stereocenters. The number of nitrogens with one attached hydrogen (secondary N) is 2. The Morgan fingerprint density at radius 3 is 2.52 bits per heavy atom. The second kappa shape index (κ2) is 8.49. The number of anilines is 1. The maximum atomic E-state index is 13.1. The highest BCUT2D eigenvalue weighted by atomic mass is 32.2. The molecule has 0 radical (unpaired) electrons. The fourth-order valence-electron chi connectivity index (χ4n) is 3.14. The van der Waals surface area contributed by atoms with Crippen LogP contribution in [0.15, 0.2) is 59.5 Å². The van der Waals surface area contributed by atoms with Crippen LogP contribution in [0.1, 0.15) is 19.3 Å². The number of carbonyl (C=O) groups is 1. The van der Waals surface area contributed by atoms with E-state index in [1.54, 1.807) is 0 Å². The van der Waals surface area contributed by atoms with Gasteiger partial charge < -0.3 is 0 Å². The summed E-state index contributed by atoms with van der Waals surface area (Å²) in [6.45, 7) is 0.679. The van der Waals surface area contributed by atoms with Gasteiger partial charge in [0.05, 0.1) is 10.6 Å². The second-order valence-corrected chi connectivity index (χ2v) is 8.51. The van der Waals surface area contributed by atoms with Crippen molar-refractivity contribution >= 4 is 21.6 Å². The molecule has 0 aromatic heterocycles. The predicted molar refractivity (Wildman–Crippen MR) is 101 cm³/mol. The topological polar surface area (TPSA) is 78.5 Å². The van der Waals surface area contributed by atoms with E-state index in [1.807, 2.05) is 30.3 Å². The molecule has 1 aliphatic rings. The molecule has 0 saturated carbocycles. The zero-order valence-electron chi connectivity index (χ0n) is 14.8. The molecule has 0 bridgehead atoms. The van der Waals surface area contributed by atoms with E-state index in [0.717, 1.165) is 24.2 Å². The van der Waals surface area contributed by atoms with E-state index in [-0.39, 0.29) is 29.7 Å². The van der Waals surface area contributed by atoms with Gasteiger partial charge in [0.1, 0.15) is 5.82 Å². The molecule has 2 aromatic rings. The van der Waals surface area contributed by atoms with Crippen molar-refractivity contribution in [1.29, 1.82) is 0 Å². The molecule has 2 aromatic carbocycles. The first-order chi connectivity index (χ1) is 12.9. The highest BCUT2D eigenvalue weighted by Crippen LogP contribution is 2.25. The van der Waals surface area contributed by atoms with E-state index >= 15 is 0 Å². The van der Waals surface area contributed by atoms with Crippen molar-refractivity contribution in [3.63, 3.8) is 0 Å². The smallest absolute Gasteiger partial charge is 0.243 e. The Morgan fingerprint density at radius 2 is 1.81 bits per heavy atom. The van der Waals surface area contributed by atoms with Crippen LogP contribution >= 0.6 is 0 Å². The lowest BCUT2D eigenvalue weighted by molar-refractivity contribution is -0.121. The second-order valence-electron chi connectivity index (χ2n) is 6.57. The van der Waals surface area contributed by atoms with Gasteiger partial charge in [-0.15, -0.1) is 0 Å². The molecule has 3 rings (SSSR count). The molecular weight excluding hydrogens is 369 g/mol. The van der Waals surface area contributed by atoms with E-state index < -0.39 is 15.8 Å². The van der Waals surface area contributed by atoms with Crippen molar-refractivity contribution in [2.45, 2.75) is 24.2 Å². The summed E-state index contributed by atoms with van der Waals surface area (Å²) in [4.78, 5) is 12.2. The molecule has 6 nitrogen and oxygen atoms in total. The fraction of sp³-hybridized carbons (Fsp3) is 0.316. The minimum Gasteiger partial charge on any atom is -0.299 e. The Hall–Kier alpha value is -2.45. The van der Waals surface area contributed by atoms with Crippen molar-refractivity contribution < 1.29 is 17.6 Å². The molecule has 8 heteroatoms. The largest absolute Gasteiger partial charge is 0.299 e. The molecule has 2 N–H and O–H groups in total. The third-order valence-electron chi connectivity index (χ3n) is 4.53. The monoisotopic (exact) mass is 391 g/mol. The Bertz CT molecular complexity index is 873. The minimum atomic E-state index is -3.68. The lowest BCUT2D eigenvalue weighted by Gasteiger charge is -2.31. The molecule has 1 aliphatic heterocycles. The van der Waals surface area contributed by atoms with Gasteiger partial charge in [0.2, 0.25) is 15.9 Å². The molecule has 0 aliphatic carbocycles. The van der Waals surface area contributed by atoms with E-state index in [9.17, 15) is 17.6 Å². The normalized spacial score (nSPS) is 18.0.